The smallest absolute Gasteiger partial charge is 0.0353 e. The van der Waals surface area contributed by atoms with Crippen molar-refractivity contribution in [2.75, 3.05) is 6.54 Å². The molecule has 0 N–H and O–H groups in total. The fraction of sp³-hybridized carbons (Fsp3) is 0.228. The highest BCUT2D eigenvalue weighted by atomic mass is 32.1. The van der Waals surface area contributed by atoms with Crippen LogP contribution in [0.3, 0.4) is 0 Å². The first kappa shape index (κ1) is 43.9. The quantitative estimate of drug-likeness (QED) is 0.100. The van der Waals surface area contributed by atoms with Crippen molar-refractivity contribution >= 4 is 76.2 Å². The Balaban J connectivity index is 1.01. The molecule has 11 rings (SSSR count). The molecular weight excluding hydrogens is 901 g/mol. The maximum absolute atomic E-state index is 3.10. The van der Waals surface area contributed by atoms with Gasteiger partial charge in [-0.05, 0) is 110 Å². The maximum Gasteiger partial charge on any atom is 0.0353 e. The van der Waals surface area contributed by atoms with Crippen LogP contribution >= 0.6 is 55.0 Å². The van der Waals surface area contributed by atoms with E-state index in [4.69, 9.17) is 0 Å². The molecule has 2 fully saturated rings. The van der Waals surface area contributed by atoms with Gasteiger partial charge in [-0.25, -0.2) is 4.44 Å². The van der Waals surface area contributed by atoms with E-state index < -0.39 is 32.3 Å². The molecule has 8 heteroatoms. The van der Waals surface area contributed by atoms with Crippen LogP contribution in [-0.4, -0.2) is 15.4 Å². The molecule has 0 amide bonds. The second-order valence-corrected chi connectivity index (χ2v) is 29.1. The van der Waals surface area contributed by atoms with Gasteiger partial charge in [0.15, 0.2) is 0 Å². The predicted molar refractivity (Wildman–Crippen MR) is 289 cm³/mol. The first-order valence-corrected chi connectivity index (χ1v) is 30.7. The van der Waals surface area contributed by atoms with Crippen molar-refractivity contribution in [1.29, 1.82) is 0 Å². The molecule has 3 aliphatic rings. The molecule has 0 spiro atoms. The first-order valence-electron chi connectivity index (χ1n) is 23.4. The fourth-order valence-corrected chi connectivity index (χ4v) is 28.0. The van der Waals surface area contributed by atoms with Crippen molar-refractivity contribution < 1.29 is 0 Å². The van der Waals surface area contributed by atoms with Gasteiger partial charge < -0.3 is 0 Å². The molecule has 5 heterocycles. The van der Waals surface area contributed by atoms with Gasteiger partial charge in [0, 0.05) is 78.0 Å². The van der Waals surface area contributed by atoms with Crippen molar-refractivity contribution in [3.8, 4) is 10.4 Å². The second-order valence-electron chi connectivity index (χ2n) is 17.5. The van der Waals surface area contributed by atoms with Gasteiger partial charge in [0.25, 0.3) is 0 Å². The lowest BCUT2D eigenvalue weighted by atomic mass is 10.0. The summed E-state index contributed by atoms with van der Waals surface area (Å²) in [7, 11) is -2.56. The van der Waals surface area contributed by atoms with Crippen LogP contribution in [0.15, 0.2) is 198 Å². The highest BCUT2D eigenvalue weighted by Gasteiger charge is 2.48. The summed E-state index contributed by atoms with van der Waals surface area (Å²) in [5.41, 5.74) is 11.3. The van der Waals surface area contributed by atoms with Gasteiger partial charge in [-0.15, -0.1) is 11.3 Å². The molecule has 65 heavy (non-hydrogen) atoms. The number of fused-ring (bicyclic) bond motifs is 1. The van der Waals surface area contributed by atoms with Crippen LogP contribution < -0.4 is 21.2 Å². The summed E-state index contributed by atoms with van der Waals surface area (Å²) < 4.78 is 6.16. The van der Waals surface area contributed by atoms with Crippen molar-refractivity contribution in [2.45, 2.75) is 74.6 Å². The molecule has 6 atom stereocenters. The van der Waals surface area contributed by atoms with E-state index in [0.717, 1.165) is 13.1 Å². The summed E-state index contributed by atoms with van der Waals surface area (Å²) in [6, 6.07) is 70.2. The Morgan fingerprint density at radius 3 is 1.66 bits per heavy atom. The van der Waals surface area contributed by atoms with E-state index in [2.05, 4.69) is 214 Å². The summed E-state index contributed by atoms with van der Waals surface area (Å²) in [6.45, 7) is 4.51. The molecule has 2 nitrogen and oxygen atoms in total. The van der Waals surface area contributed by atoms with E-state index in [0.29, 0.717) is 22.6 Å². The van der Waals surface area contributed by atoms with Crippen LogP contribution in [0.25, 0.3) is 10.4 Å². The van der Waals surface area contributed by atoms with Crippen LogP contribution in [-0.2, 0) is 6.54 Å². The monoisotopic (exact) mass is 956 g/mol. The molecule has 0 bridgehead atoms. The van der Waals surface area contributed by atoms with Gasteiger partial charge in [0.2, 0.25) is 0 Å². The highest BCUT2D eigenvalue weighted by molar-refractivity contribution is 7.80. The fourth-order valence-electron chi connectivity index (χ4n) is 10.7. The maximum atomic E-state index is 3.10. The molecule has 0 aliphatic carbocycles. The van der Waals surface area contributed by atoms with Gasteiger partial charge in [-0.2, -0.15) is 11.3 Å². The van der Waals surface area contributed by atoms with E-state index >= 15 is 0 Å². The lowest BCUT2D eigenvalue weighted by Gasteiger charge is -2.42. The summed E-state index contributed by atoms with van der Waals surface area (Å²) in [4.78, 5) is 1.43. The largest absolute Gasteiger partial charge is 0.251 e. The summed E-state index contributed by atoms with van der Waals surface area (Å²) in [5, 5.41) is 13.4. The zero-order chi connectivity index (χ0) is 43.5. The standard InChI is InChI=1S/C57H56N2P4S2/c1-2-3-37-58(62-52(43-20-9-4-10-21-43)32-33-53(62)44-22-11-5-12-23-44)60(48-36-38-64-41-48)49-39-57(65-42-49)50-30-19-31-56-51(50)40-59(61(56)47-28-17-8-18-29-47)63-54(45-24-13-6-14-25-45)34-35-55(63)46-26-15-7-16-27-46/h4-31,36,38-39,41-42,52-55H,2-3,32-35,37,40H2,1H3/t52-,53-,54-,55-,60?,61?/m1/s1. The summed E-state index contributed by atoms with van der Waals surface area (Å²) >= 11 is 3.86. The van der Waals surface area contributed by atoms with Gasteiger partial charge >= 0.3 is 0 Å². The molecule has 2 unspecified atom stereocenters. The topological polar surface area (TPSA) is 6.48 Å². The Morgan fingerprint density at radius 2 is 1.12 bits per heavy atom. The van der Waals surface area contributed by atoms with Crippen LogP contribution in [0.5, 0.6) is 0 Å². The Bertz CT molecular complexity index is 2660. The van der Waals surface area contributed by atoms with Gasteiger partial charge in [-0.3, -0.25) is 4.44 Å². The van der Waals surface area contributed by atoms with E-state index in [1.165, 1.54) is 87.1 Å². The van der Waals surface area contributed by atoms with Crippen LogP contribution in [0.4, 0.5) is 0 Å². The van der Waals surface area contributed by atoms with Crippen molar-refractivity contribution in [3.05, 3.63) is 226 Å². The predicted octanol–water partition coefficient (Wildman–Crippen LogP) is 16.4. The van der Waals surface area contributed by atoms with E-state index in [1.54, 1.807) is 10.9 Å². The molecule has 6 aromatic carbocycles. The zero-order valence-electron chi connectivity index (χ0n) is 37.0. The number of thiophene rings is 2. The normalized spacial score (nSPS) is 21.8. The summed E-state index contributed by atoms with van der Waals surface area (Å²) in [5.74, 6) is 0. The molecule has 8 aromatic rings. The lowest BCUT2D eigenvalue weighted by molar-refractivity contribution is 0.632. The molecule has 3 aliphatic heterocycles. The van der Waals surface area contributed by atoms with Crippen molar-refractivity contribution in [3.63, 3.8) is 0 Å². The Kier molecular flexibility index (Phi) is 13.7. The number of hydrogen-bond acceptors (Lipinski definition) is 4. The van der Waals surface area contributed by atoms with Gasteiger partial charge in [0.1, 0.15) is 0 Å². The molecule has 0 radical (unpaired) electrons. The third kappa shape index (κ3) is 8.86. The zero-order valence-corrected chi connectivity index (χ0v) is 42.2. The average molecular weight is 957 g/mol. The Hall–Kier alpha value is -3.64. The van der Waals surface area contributed by atoms with Crippen LogP contribution in [0, 0.1) is 0 Å². The minimum atomic E-state index is -0.754. The van der Waals surface area contributed by atoms with Crippen molar-refractivity contribution in [1.82, 2.24) is 8.88 Å². The number of benzene rings is 6. The van der Waals surface area contributed by atoms with Crippen molar-refractivity contribution in [2.24, 2.45) is 0 Å². The molecule has 2 aromatic heterocycles. The van der Waals surface area contributed by atoms with E-state index in [1.807, 2.05) is 22.7 Å². The van der Waals surface area contributed by atoms with E-state index in [-0.39, 0.29) is 0 Å². The molecule has 0 saturated carbocycles. The number of rotatable bonds is 14. The minimum Gasteiger partial charge on any atom is -0.251 e. The Labute approximate surface area is 400 Å². The third-order valence-corrected chi connectivity index (χ3v) is 28.6. The summed E-state index contributed by atoms with van der Waals surface area (Å²) in [6.07, 6.45) is 7.37. The molecular formula is C57H56N2P4S2. The van der Waals surface area contributed by atoms with Crippen LogP contribution in [0.2, 0.25) is 0 Å². The van der Waals surface area contributed by atoms with E-state index in [9.17, 15) is 0 Å². The number of unbranched alkanes of at least 4 members (excludes halogenated alkanes) is 1. The lowest BCUT2D eigenvalue weighted by Crippen LogP contribution is -2.26. The average Bonchev–Trinajstić information content (AvgIpc) is 4.24. The number of nitrogens with zero attached hydrogens (tertiary/aromatic N) is 2. The Morgan fingerprint density at radius 1 is 0.585 bits per heavy atom. The molecule has 326 valence electrons. The van der Waals surface area contributed by atoms with Gasteiger partial charge in [0.05, 0.1) is 0 Å². The third-order valence-electron chi connectivity index (χ3n) is 13.7. The second kappa shape index (κ2) is 20.3. The minimum absolute atomic E-state index is 0.538. The number of hydrogen-bond donors (Lipinski definition) is 0. The van der Waals surface area contributed by atoms with Crippen LogP contribution in [0.1, 0.15) is 95.9 Å². The highest BCUT2D eigenvalue weighted by Crippen LogP contribution is 2.78. The molecule has 2 saturated heterocycles. The SMILES string of the molecule is CCCCN(P(c1ccsc1)c1csc(-c2cccc3c2CN(P2[C@@H](c4ccccc4)CC[C@@H]2c2ccccc2)P3c2ccccc2)c1)P1[C@@H](c2ccccc2)CC[C@@H]1c1ccccc1. The van der Waals surface area contributed by atoms with Gasteiger partial charge in [-0.1, -0.05) is 183 Å². The first-order chi connectivity index (χ1) is 32.2.